The molecule has 18 heavy (non-hydrogen) atoms. The summed E-state index contributed by atoms with van der Waals surface area (Å²) in [6, 6.07) is -1.18. The van der Waals surface area contributed by atoms with E-state index >= 15 is 0 Å². The lowest BCUT2D eigenvalue weighted by atomic mass is 10.1. The molecule has 0 unspecified atom stereocenters. The van der Waals surface area contributed by atoms with E-state index in [4.69, 9.17) is 9.84 Å². The second-order valence-electron chi connectivity index (χ2n) is 4.65. The molecule has 0 spiro atoms. The summed E-state index contributed by atoms with van der Waals surface area (Å²) in [5.41, 5.74) is -0.619. The van der Waals surface area contributed by atoms with Gasteiger partial charge in [-0.25, -0.2) is 9.59 Å². The molecule has 1 amide bonds. The summed E-state index contributed by atoms with van der Waals surface area (Å²) in [6.07, 6.45) is -1.01. The Morgan fingerprint density at radius 2 is 1.83 bits per heavy atom. The van der Waals surface area contributed by atoms with Crippen molar-refractivity contribution in [3.05, 3.63) is 0 Å². The highest BCUT2D eigenvalue weighted by molar-refractivity contribution is 5.80. The van der Waals surface area contributed by atoms with Gasteiger partial charge < -0.3 is 19.9 Å². The van der Waals surface area contributed by atoms with Crippen molar-refractivity contribution in [2.45, 2.75) is 45.3 Å². The first-order valence-electron chi connectivity index (χ1n) is 5.45. The van der Waals surface area contributed by atoms with Crippen LogP contribution in [-0.4, -0.2) is 41.9 Å². The molecular formula is C11H19NO6. The lowest BCUT2D eigenvalue weighted by Crippen LogP contribution is -2.41. The zero-order valence-electron chi connectivity index (χ0n) is 11.0. The number of hydrogen-bond acceptors (Lipinski definition) is 5. The average Bonchev–Trinajstić information content (AvgIpc) is 2.20. The number of esters is 1. The van der Waals surface area contributed by atoms with Gasteiger partial charge in [-0.2, -0.15) is 0 Å². The molecule has 0 radical (unpaired) electrons. The van der Waals surface area contributed by atoms with Crippen LogP contribution in [-0.2, 0) is 19.1 Å². The van der Waals surface area contributed by atoms with Crippen LogP contribution in [0.2, 0.25) is 0 Å². The Bertz CT molecular complexity index is 320. The maximum Gasteiger partial charge on any atom is 0.407 e. The molecule has 0 saturated heterocycles. The highest BCUT2D eigenvalue weighted by Crippen LogP contribution is 2.10. The number of hydrogen-bond donors (Lipinski definition) is 2. The van der Waals surface area contributed by atoms with Crippen molar-refractivity contribution in [1.82, 2.24) is 5.32 Å². The Balaban J connectivity index is 4.24. The SMILES string of the molecule is COC(=O)N[C@@H](CCC(=O)OC(C)(C)C)C(=O)O. The zero-order valence-corrected chi connectivity index (χ0v) is 11.0. The fraction of sp³-hybridized carbons (Fsp3) is 0.727. The molecule has 0 aliphatic rings. The molecule has 0 aromatic carbocycles. The summed E-state index contributed by atoms with van der Waals surface area (Å²) < 4.78 is 9.31. The molecule has 0 aliphatic carbocycles. The molecular weight excluding hydrogens is 242 g/mol. The van der Waals surface area contributed by atoms with Gasteiger partial charge in [-0.3, -0.25) is 4.79 Å². The van der Waals surface area contributed by atoms with Crippen LogP contribution in [0.5, 0.6) is 0 Å². The van der Waals surface area contributed by atoms with Gasteiger partial charge in [0.25, 0.3) is 0 Å². The molecule has 0 heterocycles. The summed E-state index contributed by atoms with van der Waals surface area (Å²) in [5, 5.41) is 11.0. The number of carboxylic acid groups (broad SMARTS) is 1. The summed E-state index contributed by atoms with van der Waals surface area (Å²) in [5.74, 6) is -1.75. The molecule has 7 nitrogen and oxygen atoms in total. The molecule has 0 bridgehead atoms. The number of aliphatic carboxylic acids is 1. The molecule has 0 aromatic rings. The number of ether oxygens (including phenoxy) is 2. The monoisotopic (exact) mass is 261 g/mol. The lowest BCUT2D eigenvalue weighted by Gasteiger charge is -2.20. The molecule has 0 fully saturated rings. The number of nitrogens with one attached hydrogen (secondary N) is 1. The smallest absolute Gasteiger partial charge is 0.407 e. The fourth-order valence-electron chi connectivity index (χ4n) is 1.11. The van der Waals surface area contributed by atoms with Crippen LogP contribution in [0.25, 0.3) is 0 Å². The van der Waals surface area contributed by atoms with E-state index in [1.807, 2.05) is 0 Å². The maximum absolute atomic E-state index is 11.4. The van der Waals surface area contributed by atoms with Gasteiger partial charge in [0.05, 0.1) is 7.11 Å². The fourth-order valence-corrected chi connectivity index (χ4v) is 1.11. The highest BCUT2D eigenvalue weighted by Gasteiger charge is 2.23. The first-order valence-corrected chi connectivity index (χ1v) is 5.45. The quantitative estimate of drug-likeness (QED) is 0.713. The van der Waals surface area contributed by atoms with Crippen LogP contribution in [0.3, 0.4) is 0 Å². The van der Waals surface area contributed by atoms with Crippen LogP contribution in [0.4, 0.5) is 4.79 Å². The standard InChI is InChI=1S/C11H19NO6/c1-11(2,3)18-8(13)6-5-7(9(14)15)12-10(16)17-4/h7H,5-6H2,1-4H3,(H,12,16)(H,14,15)/t7-/m0/s1. The third-order valence-electron chi connectivity index (χ3n) is 1.83. The Kier molecular flexibility index (Phi) is 6.15. The third kappa shape index (κ3) is 7.48. The van der Waals surface area contributed by atoms with E-state index < -0.39 is 29.7 Å². The zero-order chi connectivity index (χ0) is 14.3. The first kappa shape index (κ1) is 16.2. The van der Waals surface area contributed by atoms with Crippen LogP contribution in [0.15, 0.2) is 0 Å². The summed E-state index contributed by atoms with van der Waals surface area (Å²) in [6.45, 7) is 5.14. The number of amides is 1. The van der Waals surface area contributed by atoms with E-state index in [1.54, 1.807) is 20.8 Å². The van der Waals surface area contributed by atoms with E-state index in [0.717, 1.165) is 7.11 Å². The minimum absolute atomic E-state index is 0.0562. The van der Waals surface area contributed by atoms with Crippen molar-refractivity contribution < 1.29 is 29.0 Å². The van der Waals surface area contributed by atoms with Gasteiger partial charge in [-0.1, -0.05) is 0 Å². The van der Waals surface area contributed by atoms with Crippen LogP contribution < -0.4 is 5.32 Å². The minimum Gasteiger partial charge on any atom is -0.480 e. The number of alkyl carbamates (subject to hydrolysis) is 1. The average molecular weight is 261 g/mol. The van der Waals surface area contributed by atoms with Crippen LogP contribution in [0, 0.1) is 0 Å². The molecule has 7 heteroatoms. The Hall–Kier alpha value is -1.79. The summed E-state index contributed by atoms with van der Waals surface area (Å²) in [7, 11) is 1.13. The number of carbonyl (C=O) groups excluding carboxylic acids is 2. The minimum atomic E-state index is -1.23. The molecule has 104 valence electrons. The topological polar surface area (TPSA) is 102 Å². The Morgan fingerprint density at radius 1 is 1.28 bits per heavy atom. The lowest BCUT2D eigenvalue weighted by molar-refractivity contribution is -0.155. The predicted molar refractivity (Wildman–Crippen MR) is 62.0 cm³/mol. The van der Waals surface area contributed by atoms with Crippen molar-refractivity contribution in [1.29, 1.82) is 0 Å². The van der Waals surface area contributed by atoms with Gasteiger partial charge in [0.1, 0.15) is 11.6 Å². The van der Waals surface area contributed by atoms with E-state index in [2.05, 4.69) is 10.1 Å². The second-order valence-corrected chi connectivity index (χ2v) is 4.65. The number of methoxy groups -OCH3 is 1. The largest absolute Gasteiger partial charge is 0.480 e. The van der Waals surface area contributed by atoms with Gasteiger partial charge in [0.15, 0.2) is 0 Å². The van der Waals surface area contributed by atoms with Gasteiger partial charge in [-0.05, 0) is 27.2 Å². The van der Waals surface area contributed by atoms with Gasteiger partial charge in [0, 0.05) is 6.42 Å². The van der Waals surface area contributed by atoms with E-state index in [9.17, 15) is 14.4 Å². The molecule has 2 N–H and O–H groups in total. The summed E-state index contributed by atoms with van der Waals surface area (Å²) in [4.78, 5) is 33.1. The molecule has 0 aromatic heterocycles. The third-order valence-corrected chi connectivity index (χ3v) is 1.83. The Morgan fingerprint density at radius 3 is 2.22 bits per heavy atom. The summed E-state index contributed by atoms with van der Waals surface area (Å²) >= 11 is 0. The molecule has 1 atom stereocenters. The van der Waals surface area contributed by atoms with Crippen molar-refractivity contribution in [3.63, 3.8) is 0 Å². The second kappa shape index (κ2) is 6.83. The maximum atomic E-state index is 11.4. The van der Waals surface area contributed by atoms with Gasteiger partial charge in [-0.15, -0.1) is 0 Å². The predicted octanol–water partition coefficient (Wildman–Crippen LogP) is 0.917. The normalized spacial score (nSPS) is 12.4. The Labute approximate surface area is 105 Å². The molecule has 0 saturated carbocycles. The van der Waals surface area contributed by atoms with E-state index in [-0.39, 0.29) is 12.8 Å². The number of carbonyl (C=O) groups is 3. The first-order chi connectivity index (χ1) is 8.15. The van der Waals surface area contributed by atoms with Crippen LogP contribution >= 0.6 is 0 Å². The van der Waals surface area contributed by atoms with Crippen molar-refractivity contribution in [3.8, 4) is 0 Å². The highest BCUT2D eigenvalue weighted by atomic mass is 16.6. The van der Waals surface area contributed by atoms with Gasteiger partial charge >= 0.3 is 18.0 Å². The van der Waals surface area contributed by atoms with Crippen LogP contribution in [0.1, 0.15) is 33.6 Å². The molecule has 0 aliphatic heterocycles. The van der Waals surface area contributed by atoms with Crippen molar-refractivity contribution >= 4 is 18.0 Å². The van der Waals surface area contributed by atoms with Crippen molar-refractivity contribution in [2.24, 2.45) is 0 Å². The van der Waals surface area contributed by atoms with Gasteiger partial charge in [0.2, 0.25) is 0 Å². The molecule has 0 rings (SSSR count). The number of rotatable bonds is 5. The number of carboxylic acids is 1. The van der Waals surface area contributed by atoms with E-state index in [1.165, 1.54) is 0 Å². The van der Waals surface area contributed by atoms with Crippen molar-refractivity contribution in [2.75, 3.05) is 7.11 Å². The van der Waals surface area contributed by atoms with E-state index in [0.29, 0.717) is 0 Å².